The molecular weight excluding hydrogens is 575 g/mol. The molecule has 2 heterocycles. The number of carbonyl (C=O) groups is 1. The first-order chi connectivity index (χ1) is 17.5. The molecule has 0 aliphatic carbocycles. The number of thiazole rings is 1. The Morgan fingerprint density at radius 2 is 1.81 bits per heavy atom. The minimum absolute atomic E-state index is 0.0728. The summed E-state index contributed by atoms with van der Waals surface area (Å²) >= 11 is 14.8. The summed E-state index contributed by atoms with van der Waals surface area (Å²) in [7, 11) is -0.534. The van der Waals surface area contributed by atoms with Crippen LogP contribution in [0.3, 0.4) is 0 Å². The number of H-pyrrole nitrogens is 1. The van der Waals surface area contributed by atoms with E-state index in [1.807, 2.05) is 44.2 Å². The van der Waals surface area contributed by atoms with Crippen molar-refractivity contribution in [1.82, 2.24) is 19.7 Å². The molecule has 1 unspecified atom stereocenters. The lowest BCUT2D eigenvalue weighted by molar-refractivity contribution is -0.110. The second-order valence-electron chi connectivity index (χ2n) is 8.45. The maximum absolute atomic E-state index is 12.5. The van der Waals surface area contributed by atoms with Crippen LogP contribution in [-0.4, -0.2) is 35.3 Å². The fourth-order valence-electron chi connectivity index (χ4n) is 3.78. The van der Waals surface area contributed by atoms with Gasteiger partial charge in [-0.3, -0.25) is 14.6 Å². The summed E-state index contributed by atoms with van der Waals surface area (Å²) in [6.07, 6.45) is 2.52. The average molecular weight is 596 g/mol. The number of hydrogen-bond donors (Lipinski definition) is 1. The van der Waals surface area contributed by atoms with E-state index in [1.54, 1.807) is 12.1 Å². The maximum atomic E-state index is 12.5. The van der Waals surface area contributed by atoms with Crippen molar-refractivity contribution in [3.05, 3.63) is 95.0 Å². The molecule has 0 amide bonds. The Hall–Kier alpha value is -2.57. The van der Waals surface area contributed by atoms with Crippen LogP contribution in [0.4, 0.5) is 0 Å². The molecule has 0 aliphatic heterocycles. The average Bonchev–Trinajstić information content (AvgIpc) is 3.23. The van der Waals surface area contributed by atoms with Crippen LogP contribution >= 0.6 is 45.3 Å². The Morgan fingerprint density at radius 3 is 2.41 bits per heavy atom. The van der Waals surface area contributed by atoms with Gasteiger partial charge in [-0.25, -0.2) is 14.0 Å². The van der Waals surface area contributed by atoms with Crippen molar-refractivity contribution in [2.75, 3.05) is 6.26 Å². The number of nitrogens with one attached hydrogen (secondary N) is 1. The van der Waals surface area contributed by atoms with E-state index in [0.717, 1.165) is 32.1 Å². The molecule has 8 nitrogen and oxygen atoms in total. The Morgan fingerprint density at radius 1 is 1.16 bits per heavy atom. The van der Waals surface area contributed by atoms with Crippen LogP contribution in [-0.2, 0) is 26.5 Å². The first kappa shape index (κ1) is 27.5. The van der Waals surface area contributed by atoms with E-state index in [-0.39, 0.29) is 27.3 Å². The third kappa shape index (κ3) is 5.96. The zero-order chi connectivity index (χ0) is 26.9. The maximum Gasteiger partial charge on any atom is 0.349 e. The lowest BCUT2D eigenvalue weighted by Gasteiger charge is -2.26. The number of nitrogens with zero attached hydrogens (tertiary/aromatic N) is 3. The van der Waals surface area contributed by atoms with Crippen molar-refractivity contribution in [1.29, 1.82) is 0 Å². The van der Waals surface area contributed by atoms with Crippen molar-refractivity contribution >= 4 is 60.3 Å². The van der Waals surface area contributed by atoms with Crippen LogP contribution in [0.15, 0.2) is 58.3 Å². The fraction of sp³-hybridized carbons (Fsp3) is 0.208. The molecule has 2 aromatic heterocycles. The van der Waals surface area contributed by atoms with E-state index in [2.05, 4.69) is 10.1 Å². The minimum Gasteiger partial charge on any atom is -0.286 e. The molecule has 4 rings (SSSR count). The first-order valence-corrected chi connectivity index (χ1v) is 15.2. The second kappa shape index (κ2) is 11.0. The highest BCUT2D eigenvalue weighted by molar-refractivity contribution is 8.75. The van der Waals surface area contributed by atoms with Crippen molar-refractivity contribution in [2.24, 2.45) is 0 Å². The Labute approximate surface area is 231 Å². The molecule has 0 aliphatic rings. The van der Waals surface area contributed by atoms with E-state index in [4.69, 9.17) is 28.2 Å². The predicted molar refractivity (Wildman–Crippen MR) is 151 cm³/mol. The van der Waals surface area contributed by atoms with Crippen LogP contribution in [0.1, 0.15) is 29.3 Å². The number of halogens is 2. The SMILES string of the molecule is CS(=O)SC(=O)Cc1sc(C(C)(C)c2c(Cl)cc(-n3ncc(=O)[nH]c3=O)cc2Cl)nc1-c1ccccc1. The molecule has 192 valence electrons. The summed E-state index contributed by atoms with van der Waals surface area (Å²) in [4.78, 5) is 43.9. The molecule has 0 fully saturated rings. The van der Waals surface area contributed by atoms with Gasteiger partial charge in [0.25, 0.3) is 5.56 Å². The minimum atomic E-state index is -1.32. The van der Waals surface area contributed by atoms with Gasteiger partial charge in [-0.05, 0) is 26.0 Å². The normalized spacial score (nSPS) is 12.5. The molecule has 0 saturated heterocycles. The summed E-state index contributed by atoms with van der Waals surface area (Å²) in [5.74, 6) is 0. The van der Waals surface area contributed by atoms with Crippen molar-refractivity contribution in [2.45, 2.75) is 25.7 Å². The molecule has 0 radical (unpaired) electrons. The second-order valence-corrected chi connectivity index (χ2v) is 13.7. The van der Waals surface area contributed by atoms with Gasteiger partial charge >= 0.3 is 5.69 Å². The largest absolute Gasteiger partial charge is 0.349 e. The monoisotopic (exact) mass is 594 g/mol. The van der Waals surface area contributed by atoms with Crippen LogP contribution < -0.4 is 11.2 Å². The van der Waals surface area contributed by atoms with Crippen molar-refractivity contribution in [3.63, 3.8) is 0 Å². The van der Waals surface area contributed by atoms with Crippen molar-refractivity contribution in [3.8, 4) is 16.9 Å². The number of carbonyl (C=O) groups excluding carboxylic acids is 1. The van der Waals surface area contributed by atoms with E-state index < -0.39 is 26.5 Å². The number of rotatable bonds is 7. The standard InChI is InChI=1S/C24H20Cl2N4O4S3/c1-24(2,20-15(25)9-14(10-16(20)26)30-23(33)28-18(31)12-27-30)22-29-21(13-7-5-4-6-8-13)17(35-22)11-19(32)36-37(3)34/h4-10,12H,11H2,1-3H3,(H,28,31,33). The van der Waals surface area contributed by atoms with E-state index in [9.17, 15) is 18.6 Å². The summed E-state index contributed by atoms with van der Waals surface area (Å²) in [6.45, 7) is 3.83. The third-order valence-electron chi connectivity index (χ3n) is 5.40. The Kier molecular flexibility index (Phi) is 8.20. The zero-order valence-corrected chi connectivity index (χ0v) is 23.7. The Bertz CT molecular complexity index is 1610. The fourth-order valence-corrected chi connectivity index (χ4v) is 7.43. The highest BCUT2D eigenvalue weighted by Crippen LogP contribution is 2.44. The highest BCUT2D eigenvalue weighted by Gasteiger charge is 2.33. The van der Waals surface area contributed by atoms with E-state index in [1.165, 1.54) is 17.6 Å². The van der Waals surface area contributed by atoms with Gasteiger partial charge in [0, 0.05) is 48.5 Å². The molecular formula is C24H20Cl2N4O4S3. The first-order valence-electron chi connectivity index (χ1n) is 10.8. The van der Waals surface area contributed by atoms with E-state index >= 15 is 0 Å². The van der Waals surface area contributed by atoms with Crippen LogP contribution in [0.25, 0.3) is 16.9 Å². The number of benzene rings is 2. The van der Waals surface area contributed by atoms with E-state index in [0.29, 0.717) is 16.3 Å². The lowest BCUT2D eigenvalue weighted by atomic mass is 9.85. The number of aromatic nitrogens is 4. The smallest absolute Gasteiger partial charge is 0.286 e. The predicted octanol–water partition coefficient (Wildman–Crippen LogP) is 4.77. The lowest BCUT2D eigenvalue weighted by Crippen LogP contribution is -2.30. The van der Waals surface area contributed by atoms with Gasteiger partial charge < -0.3 is 0 Å². The molecule has 13 heteroatoms. The quantitative estimate of drug-likeness (QED) is 0.306. The van der Waals surface area contributed by atoms with Gasteiger partial charge in [-0.15, -0.1) is 11.3 Å². The number of hydrogen-bond acceptors (Lipinski definition) is 8. The summed E-state index contributed by atoms with van der Waals surface area (Å²) in [5.41, 5.74) is 0.251. The van der Waals surface area contributed by atoms with Gasteiger partial charge in [-0.2, -0.15) is 9.78 Å². The summed E-state index contributed by atoms with van der Waals surface area (Å²) < 4.78 is 12.6. The van der Waals surface area contributed by atoms with Gasteiger partial charge in [0.15, 0.2) is 0 Å². The van der Waals surface area contributed by atoms with Crippen LogP contribution in [0.2, 0.25) is 10.0 Å². The third-order valence-corrected chi connectivity index (χ3v) is 9.21. The summed E-state index contributed by atoms with van der Waals surface area (Å²) in [6, 6.07) is 12.6. The molecule has 4 aromatic rings. The van der Waals surface area contributed by atoms with Crippen LogP contribution in [0, 0.1) is 0 Å². The molecule has 0 bridgehead atoms. The topological polar surface area (TPSA) is 115 Å². The number of aromatic amines is 1. The summed E-state index contributed by atoms with van der Waals surface area (Å²) in [5, 5.41) is 4.86. The van der Waals surface area contributed by atoms with Gasteiger partial charge in [0.1, 0.15) is 11.2 Å². The molecule has 1 N–H and O–H groups in total. The van der Waals surface area contributed by atoms with Crippen molar-refractivity contribution < 1.29 is 9.00 Å². The molecule has 0 spiro atoms. The molecule has 37 heavy (non-hydrogen) atoms. The van der Waals surface area contributed by atoms with Crippen LogP contribution in [0.5, 0.6) is 0 Å². The van der Waals surface area contributed by atoms with Gasteiger partial charge in [0.05, 0.1) is 27.6 Å². The molecule has 0 saturated carbocycles. The molecule has 1 atom stereocenters. The van der Waals surface area contributed by atoms with Gasteiger partial charge in [0.2, 0.25) is 5.12 Å². The molecule has 2 aromatic carbocycles. The zero-order valence-electron chi connectivity index (χ0n) is 19.8. The highest BCUT2D eigenvalue weighted by atomic mass is 35.5. The van der Waals surface area contributed by atoms with Gasteiger partial charge in [-0.1, -0.05) is 53.5 Å². The Balaban J connectivity index is 1.80.